The second kappa shape index (κ2) is 7.32. The number of ether oxygens (including phenoxy) is 1. The lowest BCUT2D eigenvalue weighted by Gasteiger charge is -2.36. The van der Waals surface area contributed by atoms with Gasteiger partial charge in [0.2, 0.25) is 0 Å². The molecule has 0 aliphatic carbocycles. The Balaban J connectivity index is 1.83. The van der Waals surface area contributed by atoms with Gasteiger partial charge in [0.25, 0.3) is 0 Å². The van der Waals surface area contributed by atoms with Gasteiger partial charge in [0.05, 0.1) is 6.10 Å². The van der Waals surface area contributed by atoms with Gasteiger partial charge in [-0.05, 0) is 38.8 Å². The summed E-state index contributed by atoms with van der Waals surface area (Å²) in [5.74, 6) is 0. The van der Waals surface area contributed by atoms with E-state index in [2.05, 4.69) is 4.90 Å². The molecule has 1 saturated heterocycles. The first kappa shape index (κ1) is 17.8. The Morgan fingerprint density at radius 1 is 1.22 bits per heavy atom. The number of carbonyl (C=O) groups is 1. The number of aryl methyl sites for hydroxylation is 1. The Morgan fingerprint density at radius 2 is 1.83 bits per heavy atom. The normalized spacial score (nSPS) is 17.9. The maximum atomic E-state index is 12.0. The van der Waals surface area contributed by atoms with Crippen molar-refractivity contribution in [2.75, 3.05) is 32.7 Å². The van der Waals surface area contributed by atoms with E-state index in [1.807, 2.05) is 52.0 Å². The Labute approximate surface area is 138 Å². The Bertz CT molecular complexity index is 531. The lowest BCUT2D eigenvalue weighted by atomic mass is 10.0. The van der Waals surface area contributed by atoms with Gasteiger partial charge in [0, 0.05) is 32.7 Å². The zero-order chi connectivity index (χ0) is 17.0. The van der Waals surface area contributed by atoms with E-state index in [0.717, 1.165) is 24.2 Å². The highest BCUT2D eigenvalue weighted by Gasteiger charge is 2.26. The average Bonchev–Trinajstić information content (AvgIpc) is 2.46. The summed E-state index contributed by atoms with van der Waals surface area (Å²) in [4.78, 5) is 16.0. The molecule has 0 spiro atoms. The molecule has 1 heterocycles. The van der Waals surface area contributed by atoms with Gasteiger partial charge in [-0.15, -0.1) is 0 Å². The fourth-order valence-electron chi connectivity index (χ4n) is 2.74. The topological polar surface area (TPSA) is 53.0 Å². The van der Waals surface area contributed by atoms with Gasteiger partial charge in [-0.3, -0.25) is 4.90 Å². The molecule has 1 aromatic carbocycles. The lowest BCUT2D eigenvalue weighted by molar-refractivity contribution is 0.0101. The number of aliphatic hydroxyl groups is 1. The van der Waals surface area contributed by atoms with Crippen LogP contribution in [0, 0.1) is 6.92 Å². The van der Waals surface area contributed by atoms with Gasteiger partial charge in [-0.25, -0.2) is 4.79 Å². The van der Waals surface area contributed by atoms with Crippen molar-refractivity contribution in [3.05, 3.63) is 35.4 Å². The van der Waals surface area contributed by atoms with Crippen LogP contribution in [0.15, 0.2) is 24.3 Å². The van der Waals surface area contributed by atoms with E-state index in [-0.39, 0.29) is 6.09 Å². The number of aliphatic hydroxyl groups excluding tert-OH is 1. The third-order valence-corrected chi connectivity index (χ3v) is 4.00. The molecule has 23 heavy (non-hydrogen) atoms. The van der Waals surface area contributed by atoms with Crippen molar-refractivity contribution in [2.45, 2.75) is 39.4 Å². The number of amides is 1. The zero-order valence-electron chi connectivity index (χ0n) is 14.6. The van der Waals surface area contributed by atoms with E-state index in [9.17, 15) is 9.90 Å². The second-order valence-electron chi connectivity index (χ2n) is 7.14. The summed E-state index contributed by atoms with van der Waals surface area (Å²) in [5, 5.41) is 10.4. The molecular weight excluding hydrogens is 292 g/mol. The quantitative estimate of drug-likeness (QED) is 0.930. The second-order valence-corrected chi connectivity index (χ2v) is 7.14. The molecule has 0 radical (unpaired) electrons. The van der Waals surface area contributed by atoms with Gasteiger partial charge in [0.15, 0.2) is 0 Å². The molecule has 0 aromatic heterocycles. The summed E-state index contributed by atoms with van der Waals surface area (Å²) in [6.45, 7) is 11.0. The highest BCUT2D eigenvalue weighted by atomic mass is 16.6. The largest absolute Gasteiger partial charge is 0.444 e. The first-order chi connectivity index (χ1) is 10.8. The van der Waals surface area contributed by atoms with Crippen molar-refractivity contribution in [2.24, 2.45) is 0 Å². The van der Waals surface area contributed by atoms with Crippen molar-refractivity contribution in [1.82, 2.24) is 9.80 Å². The third-order valence-electron chi connectivity index (χ3n) is 4.00. The summed E-state index contributed by atoms with van der Waals surface area (Å²) in [5.41, 5.74) is 1.62. The minimum Gasteiger partial charge on any atom is -0.444 e. The molecule has 1 fully saturated rings. The van der Waals surface area contributed by atoms with Crippen LogP contribution < -0.4 is 0 Å². The lowest BCUT2D eigenvalue weighted by Crippen LogP contribution is -2.50. The van der Waals surface area contributed by atoms with E-state index in [1.165, 1.54) is 0 Å². The van der Waals surface area contributed by atoms with Crippen molar-refractivity contribution in [1.29, 1.82) is 0 Å². The fourth-order valence-corrected chi connectivity index (χ4v) is 2.74. The van der Waals surface area contributed by atoms with Gasteiger partial charge >= 0.3 is 6.09 Å². The zero-order valence-corrected chi connectivity index (χ0v) is 14.6. The van der Waals surface area contributed by atoms with Crippen molar-refractivity contribution in [3.8, 4) is 0 Å². The molecule has 1 aromatic rings. The number of benzene rings is 1. The molecular formula is C18H28N2O3. The number of β-amino-alcohol motifs (C(OH)–C–C–N with tert-alkyl or cyclic N) is 1. The molecule has 0 saturated carbocycles. The van der Waals surface area contributed by atoms with Crippen LogP contribution in [-0.2, 0) is 4.74 Å². The Kier molecular flexibility index (Phi) is 5.65. The first-order valence-electron chi connectivity index (χ1n) is 8.20. The van der Waals surface area contributed by atoms with Gasteiger partial charge in [-0.1, -0.05) is 24.3 Å². The van der Waals surface area contributed by atoms with E-state index in [1.54, 1.807) is 4.90 Å². The highest BCUT2D eigenvalue weighted by molar-refractivity contribution is 5.68. The number of hydrogen-bond acceptors (Lipinski definition) is 4. The number of hydrogen-bond donors (Lipinski definition) is 1. The third kappa shape index (κ3) is 5.22. The van der Waals surface area contributed by atoms with Crippen LogP contribution in [0.4, 0.5) is 4.79 Å². The molecule has 1 N–H and O–H groups in total. The van der Waals surface area contributed by atoms with Crippen molar-refractivity contribution >= 4 is 6.09 Å². The Hall–Kier alpha value is -1.59. The van der Waals surface area contributed by atoms with E-state index >= 15 is 0 Å². The van der Waals surface area contributed by atoms with Crippen LogP contribution >= 0.6 is 0 Å². The summed E-state index contributed by atoms with van der Waals surface area (Å²) < 4.78 is 5.40. The van der Waals surface area contributed by atoms with E-state index in [0.29, 0.717) is 19.6 Å². The SMILES string of the molecule is Cc1ccccc1C(O)CN1CCN(C(=O)OC(C)(C)C)CC1. The average molecular weight is 320 g/mol. The standard InChI is InChI=1S/C18H28N2O3/c1-14-7-5-6-8-15(14)16(21)13-19-9-11-20(12-10-19)17(22)23-18(2,3)4/h5-8,16,21H,9-13H2,1-4H3. The predicted molar refractivity (Wildman–Crippen MR) is 90.4 cm³/mol. The monoisotopic (exact) mass is 320 g/mol. The molecule has 1 amide bonds. The van der Waals surface area contributed by atoms with Crippen LogP contribution in [0.1, 0.15) is 38.0 Å². The van der Waals surface area contributed by atoms with E-state index in [4.69, 9.17) is 4.74 Å². The summed E-state index contributed by atoms with van der Waals surface area (Å²) >= 11 is 0. The summed E-state index contributed by atoms with van der Waals surface area (Å²) in [6, 6.07) is 7.91. The molecule has 1 atom stereocenters. The van der Waals surface area contributed by atoms with Crippen LogP contribution in [-0.4, -0.2) is 59.3 Å². The van der Waals surface area contributed by atoms with Gasteiger partial charge in [0.1, 0.15) is 5.60 Å². The molecule has 0 bridgehead atoms. The van der Waals surface area contributed by atoms with Crippen LogP contribution in [0.25, 0.3) is 0 Å². The molecule has 5 nitrogen and oxygen atoms in total. The maximum Gasteiger partial charge on any atom is 0.410 e. The van der Waals surface area contributed by atoms with Crippen LogP contribution in [0.3, 0.4) is 0 Å². The number of carbonyl (C=O) groups excluding carboxylic acids is 1. The summed E-state index contributed by atoms with van der Waals surface area (Å²) in [6.07, 6.45) is -0.749. The number of nitrogens with zero attached hydrogens (tertiary/aromatic N) is 2. The molecule has 128 valence electrons. The van der Waals surface area contributed by atoms with Gasteiger partial charge in [-0.2, -0.15) is 0 Å². The van der Waals surface area contributed by atoms with Gasteiger partial charge < -0.3 is 14.7 Å². The minimum atomic E-state index is -0.496. The number of rotatable bonds is 3. The number of piperazine rings is 1. The molecule has 1 aliphatic heterocycles. The van der Waals surface area contributed by atoms with Crippen LogP contribution in [0.5, 0.6) is 0 Å². The maximum absolute atomic E-state index is 12.0. The molecule has 5 heteroatoms. The Morgan fingerprint density at radius 3 is 2.39 bits per heavy atom. The van der Waals surface area contributed by atoms with Crippen molar-refractivity contribution < 1.29 is 14.6 Å². The van der Waals surface area contributed by atoms with Crippen molar-refractivity contribution in [3.63, 3.8) is 0 Å². The fraction of sp³-hybridized carbons (Fsp3) is 0.611. The predicted octanol–water partition coefficient (Wildman–Crippen LogP) is 2.58. The van der Waals surface area contributed by atoms with E-state index < -0.39 is 11.7 Å². The molecule has 2 rings (SSSR count). The first-order valence-corrected chi connectivity index (χ1v) is 8.20. The molecule has 1 aliphatic rings. The van der Waals surface area contributed by atoms with Crippen LogP contribution in [0.2, 0.25) is 0 Å². The smallest absolute Gasteiger partial charge is 0.410 e. The molecule has 1 unspecified atom stereocenters. The summed E-state index contributed by atoms with van der Waals surface area (Å²) in [7, 11) is 0. The minimum absolute atomic E-state index is 0.253. The highest BCUT2D eigenvalue weighted by Crippen LogP contribution is 2.19.